The smallest absolute Gasteiger partial charge is 0.251 e. The molecule has 6 heteroatoms. The molecule has 1 heterocycles. The molecule has 1 unspecified atom stereocenters. The number of amides is 1. The van der Waals surface area contributed by atoms with Crippen molar-refractivity contribution < 1.29 is 9.53 Å². The molecule has 0 bridgehead atoms. The van der Waals surface area contributed by atoms with Crippen LogP contribution in [0.25, 0.3) is 11.0 Å². The monoisotopic (exact) mass is 463 g/mol. The van der Waals surface area contributed by atoms with Crippen LogP contribution in [0.2, 0.25) is 0 Å². The molecule has 0 aliphatic carbocycles. The summed E-state index contributed by atoms with van der Waals surface area (Å²) in [5.74, 6) is 1.30. The number of hydrogen-bond acceptors (Lipinski definition) is 3. The minimum Gasteiger partial charge on any atom is -0.497 e. The number of fused-ring (bicyclic) bond motifs is 1. The van der Waals surface area contributed by atoms with Gasteiger partial charge in [0, 0.05) is 16.6 Å². The van der Waals surface area contributed by atoms with Crippen molar-refractivity contribution in [2.45, 2.75) is 19.5 Å². The van der Waals surface area contributed by atoms with Crippen molar-refractivity contribution in [2.24, 2.45) is 0 Å². The fourth-order valence-electron chi connectivity index (χ4n) is 3.47. The number of halogens is 1. The highest BCUT2D eigenvalue weighted by Crippen LogP contribution is 2.23. The van der Waals surface area contributed by atoms with E-state index in [0.717, 1.165) is 26.9 Å². The van der Waals surface area contributed by atoms with Gasteiger partial charge in [-0.3, -0.25) is 4.79 Å². The SMILES string of the molecule is COc1cccc(C(=O)NC(C)c2nc3ccccc3n2Cc2ccc(Br)cc2)c1. The van der Waals surface area contributed by atoms with E-state index in [-0.39, 0.29) is 11.9 Å². The van der Waals surface area contributed by atoms with Crippen LogP contribution in [0.5, 0.6) is 5.75 Å². The Morgan fingerprint density at radius 3 is 2.63 bits per heavy atom. The van der Waals surface area contributed by atoms with Crippen LogP contribution < -0.4 is 10.1 Å². The molecular formula is C24H22BrN3O2. The first-order valence-corrected chi connectivity index (χ1v) is 10.5. The van der Waals surface area contributed by atoms with Gasteiger partial charge in [0.15, 0.2) is 0 Å². The highest BCUT2D eigenvalue weighted by atomic mass is 79.9. The molecular weight excluding hydrogens is 442 g/mol. The summed E-state index contributed by atoms with van der Waals surface area (Å²) < 4.78 is 8.43. The van der Waals surface area contributed by atoms with Gasteiger partial charge in [0.25, 0.3) is 5.91 Å². The van der Waals surface area contributed by atoms with Crippen LogP contribution in [0.3, 0.4) is 0 Å². The number of benzene rings is 3. The molecule has 1 amide bonds. The Morgan fingerprint density at radius 1 is 1.10 bits per heavy atom. The highest BCUT2D eigenvalue weighted by Gasteiger charge is 2.19. The molecule has 0 radical (unpaired) electrons. The van der Waals surface area contributed by atoms with Gasteiger partial charge in [0.2, 0.25) is 0 Å². The van der Waals surface area contributed by atoms with E-state index in [1.165, 1.54) is 0 Å². The van der Waals surface area contributed by atoms with Crippen molar-refractivity contribution in [1.29, 1.82) is 0 Å². The third kappa shape index (κ3) is 4.24. The topological polar surface area (TPSA) is 56.1 Å². The van der Waals surface area contributed by atoms with Crippen molar-refractivity contribution in [2.75, 3.05) is 7.11 Å². The first-order valence-electron chi connectivity index (χ1n) is 9.69. The molecule has 0 spiro atoms. The average Bonchev–Trinajstić information content (AvgIpc) is 3.14. The molecule has 0 fully saturated rings. The zero-order valence-corrected chi connectivity index (χ0v) is 18.4. The quantitative estimate of drug-likeness (QED) is 0.419. The van der Waals surface area contributed by atoms with Crippen LogP contribution in [-0.4, -0.2) is 22.6 Å². The van der Waals surface area contributed by atoms with Gasteiger partial charge < -0.3 is 14.6 Å². The third-order valence-electron chi connectivity index (χ3n) is 5.00. The summed E-state index contributed by atoms with van der Waals surface area (Å²) in [4.78, 5) is 17.6. The van der Waals surface area contributed by atoms with E-state index in [9.17, 15) is 4.79 Å². The lowest BCUT2D eigenvalue weighted by Crippen LogP contribution is -2.28. The molecule has 0 saturated carbocycles. The molecule has 0 aliphatic heterocycles. The van der Waals surface area contributed by atoms with Crippen molar-refractivity contribution in [3.05, 3.63) is 94.2 Å². The van der Waals surface area contributed by atoms with Gasteiger partial charge in [0.05, 0.1) is 24.2 Å². The summed E-state index contributed by atoms with van der Waals surface area (Å²) >= 11 is 3.48. The number of rotatable bonds is 6. The summed E-state index contributed by atoms with van der Waals surface area (Å²) in [6.07, 6.45) is 0. The van der Waals surface area contributed by atoms with Crippen LogP contribution in [0.1, 0.15) is 34.7 Å². The van der Waals surface area contributed by atoms with Crippen molar-refractivity contribution in [3.8, 4) is 5.75 Å². The van der Waals surface area contributed by atoms with Crippen molar-refractivity contribution >= 4 is 32.9 Å². The van der Waals surface area contributed by atoms with Crippen molar-refractivity contribution in [1.82, 2.24) is 14.9 Å². The molecule has 152 valence electrons. The van der Waals surface area contributed by atoms with Gasteiger partial charge in [-0.2, -0.15) is 0 Å². The normalized spacial score (nSPS) is 12.0. The second kappa shape index (κ2) is 8.71. The number of carbonyl (C=O) groups is 1. The van der Waals surface area contributed by atoms with Gasteiger partial charge in [-0.05, 0) is 55.0 Å². The number of nitrogens with one attached hydrogen (secondary N) is 1. The third-order valence-corrected chi connectivity index (χ3v) is 5.53. The maximum Gasteiger partial charge on any atom is 0.251 e. The lowest BCUT2D eigenvalue weighted by molar-refractivity contribution is 0.0937. The first kappa shape index (κ1) is 20.2. The Labute approximate surface area is 183 Å². The number of nitrogens with zero attached hydrogens (tertiary/aromatic N) is 2. The van der Waals surface area contributed by atoms with E-state index in [1.54, 1.807) is 25.3 Å². The van der Waals surface area contributed by atoms with Gasteiger partial charge in [-0.15, -0.1) is 0 Å². The van der Waals surface area contributed by atoms with Crippen LogP contribution in [0, 0.1) is 0 Å². The molecule has 1 N–H and O–H groups in total. The standard InChI is InChI=1S/C24H22BrN3O2/c1-16(26-24(29)18-6-5-7-20(14-18)30-2)23-27-21-8-3-4-9-22(21)28(23)15-17-10-12-19(25)13-11-17/h3-14,16H,15H2,1-2H3,(H,26,29). The predicted octanol–water partition coefficient (Wildman–Crippen LogP) is 5.35. The second-order valence-electron chi connectivity index (χ2n) is 7.10. The molecule has 0 aliphatic rings. The Morgan fingerprint density at radius 2 is 1.87 bits per heavy atom. The fourth-order valence-corrected chi connectivity index (χ4v) is 3.74. The van der Waals surface area contributed by atoms with Crippen LogP contribution in [-0.2, 0) is 6.54 Å². The number of methoxy groups -OCH3 is 1. The van der Waals surface area contributed by atoms with E-state index in [1.807, 2.05) is 43.3 Å². The van der Waals surface area contributed by atoms with E-state index in [4.69, 9.17) is 9.72 Å². The lowest BCUT2D eigenvalue weighted by atomic mass is 10.2. The number of carbonyl (C=O) groups excluding carboxylic acids is 1. The summed E-state index contributed by atoms with van der Waals surface area (Å²) in [6, 6.07) is 23.1. The Kier molecular flexibility index (Phi) is 5.86. The van der Waals surface area contributed by atoms with Crippen molar-refractivity contribution in [3.63, 3.8) is 0 Å². The average molecular weight is 464 g/mol. The van der Waals surface area contributed by atoms with Crippen LogP contribution >= 0.6 is 15.9 Å². The van der Waals surface area contributed by atoms with E-state index >= 15 is 0 Å². The van der Waals surface area contributed by atoms with E-state index < -0.39 is 0 Å². The number of hydrogen-bond donors (Lipinski definition) is 1. The highest BCUT2D eigenvalue weighted by molar-refractivity contribution is 9.10. The minimum absolute atomic E-state index is 0.163. The van der Waals surface area contributed by atoms with Gasteiger partial charge in [0.1, 0.15) is 11.6 Å². The molecule has 0 saturated heterocycles. The molecule has 5 nitrogen and oxygen atoms in total. The zero-order valence-electron chi connectivity index (χ0n) is 16.8. The fraction of sp³-hybridized carbons (Fsp3) is 0.167. The number of para-hydroxylation sites is 2. The predicted molar refractivity (Wildman–Crippen MR) is 122 cm³/mol. The van der Waals surface area contributed by atoms with E-state index in [2.05, 4.69) is 44.0 Å². The Bertz CT molecular complexity index is 1180. The lowest BCUT2D eigenvalue weighted by Gasteiger charge is -2.17. The number of imidazole rings is 1. The summed E-state index contributed by atoms with van der Waals surface area (Å²) in [5, 5.41) is 3.07. The summed E-state index contributed by atoms with van der Waals surface area (Å²) in [6.45, 7) is 2.62. The van der Waals surface area contributed by atoms with E-state index in [0.29, 0.717) is 17.9 Å². The number of ether oxygens (including phenoxy) is 1. The largest absolute Gasteiger partial charge is 0.497 e. The Balaban J connectivity index is 1.65. The first-order chi connectivity index (χ1) is 14.5. The molecule has 4 rings (SSSR count). The van der Waals surface area contributed by atoms with Crippen LogP contribution in [0.15, 0.2) is 77.3 Å². The minimum atomic E-state index is -0.272. The van der Waals surface area contributed by atoms with Crippen LogP contribution in [0.4, 0.5) is 0 Å². The second-order valence-corrected chi connectivity index (χ2v) is 8.01. The summed E-state index contributed by atoms with van der Waals surface area (Å²) in [5.41, 5.74) is 3.66. The molecule has 4 aromatic rings. The molecule has 1 atom stereocenters. The van der Waals surface area contributed by atoms with Gasteiger partial charge in [-0.1, -0.05) is 46.3 Å². The summed E-state index contributed by atoms with van der Waals surface area (Å²) in [7, 11) is 1.59. The molecule has 3 aromatic carbocycles. The van der Waals surface area contributed by atoms with Gasteiger partial charge in [-0.25, -0.2) is 4.98 Å². The maximum absolute atomic E-state index is 12.8. The number of aromatic nitrogens is 2. The molecule has 1 aromatic heterocycles. The molecule has 30 heavy (non-hydrogen) atoms. The van der Waals surface area contributed by atoms with Gasteiger partial charge >= 0.3 is 0 Å². The zero-order chi connectivity index (χ0) is 21.1. The maximum atomic E-state index is 12.8. The Hall–Kier alpha value is -3.12.